The van der Waals surface area contributed by atoms with Gasteiger partial charge in [-0.05, 0) is 32.8 Å². The standard InChI is InChI=1S/C13H21F2N3O2S/c1-4-18(3)8-7-17-21(19,20)12-6-5-11(14)10(9-16-2)13(12)15/h5-6,16-17H,4,7-9H2,1-3H3. The zero-order valence-electron chi connectivity index (χ0n) is 12.4. The van der Waals surface area contributed by atoms with E-state index in [0.717, 1.165) is 18.7 Å². The summed E-state index contributed by atoms with van der Waals surface area (Å²) in [6.45, 7) is 3.30. The van der Waals surface area contributed by atoms with Gasteiger partial charge in [-0.15, -0.1) is 0 Å². The molecule has 0 radical (unpaired) electrons. The maximum absolute atomic E-state index is 14.2. The van der Waals surface area contributed by atoms with Crippen LogP contribution in [-0.4, -0.2) is 47.0 Å². The molecule has 0 saturated carbocycles. The van der Waals surface area contributed by atoms with Gasteiger partial charge in [-0.2, -0.15) is 0 Å². The van der Waals surface area contributed by atoms with Crippen LogP contribution in [-0.2, 0) is 16.6 Å². The van der Waals surface area contributed by atoms with Crippen LogP contribution in [0.3, 0.4) is 0 Å². The number of likely N-dealkylation sites (N-methyl/N-ethyl adjacent to an activating group) is 1. The highest BCUT2D eigenvalue weighted by atomic mass is 32.2. The first-order valence-electron chi connectivity index (χ1n) is 6.63. The predicted octanol–water partition coefficient (Wildman–Crippen LogP) is 0.914. The first-order chi connectivity index (χ1) is 9.83. The molecule has 120 valence electrons. The lowest BCUT2D eigenvalue weighted by molar-refractivity contribution is 0.357. The Morgan fingerprint density at radius 3 is 2.52 bits per heavy atom. The minimum atomic E-state index is -4.00. The fraction of sp³-hybridized carbons (Fsp3) is 0.538. The summed E-state index contributed by atoms with van der Waals surface area (Å²) in [5, 5.41) is 2.61. The summed E-state index contributed by atoms with van der Waals surface area (Å²) in [5.74, 6) is -1.83. The van der Waals surface area contributed by atoms with E-state index in [4.69, 9.17) is 0 Å². The third kappa shape index (κ3) is 4.70. The Balaban J connectivity index is 2.95. The monoisotopic (exact) mass is 321 g/mol. The summed E-state index contributed by atoms with van der Waals surface area (Å²) in [4.78, 5) is 1.38. The molecule has 0 bridgehead atoms. The van der Waals surface area contributed by atoms with Crippen LogP contribution in [0, 0.1) is 11.6 Å². The molecule has 5 nitrogen and oxygen atoms in total. The van der Waals surface area contributed by atoms with Crippen molar-refractivity contribution in [2.45, 2.75) is 18.4 Å². The number of rotatable bonds is 8. The maximum Gasteiger partial charge on any atom is 0.243 e. The SMILES string of the molecule is CCN(C)CCNS(=O)(=O)c1ccc(F)c(CNC)c1F. The molecule has 0 heterocycles. The average molecular weight is 321 g/mol. The van der Waals surface area contributed by atoms with Gasteiger partial charge in [-0.25, -0.2) is 21.9 Å². The molecule has 0 saturated heterocycles. The van der Waals surface area contributed by atoms with Gasteiger partial charge >= 0.3 is 0 Å². The lowest BCUT2D eigenvalue weighted by Gasteiger charge is -2.15. The van der Waals surface area contributed by atoms with Crippen molar-refractivity contribution in [1.82, 2.24) is 14.9 Å². The van der Waals surface area contributed by atoms with Gasteiger partial charge in [0.25, 0.3) is 0 Å². The van der Waals surface area contributed by atoms with Crippen molar-refractivity contribution >= 4 is 10.0 Å². The number of benzene rings is 1. The smallest absolute Gasteiger partial charge is 0.243 e. The molecule has 1 rings (SSSR count). The molecule has 21 heavy (non-hydrogen) atoms. The number of hydrogen-bond acceptors (Lipinski definition) is 4. The highest BCUT2D eigenvalue weighted by Gasteiger charge is 2.23. The number of nitrogens with zero attached hydrogens (tertiary/aromatic N) is 1. The molecular formula is C13H21F2N3O2S. The third-order valence-electron chi connectivity index (χ3n) is 3.12. The van der Waals surface area contributed by atoms with E-state index in [-0.39, 0.29) is 18.7 Å². The Kier molecular flexibility index (Phi) is 6.66. The zero-order chi connectivity index (χ0) is 16.0. The molecule has 0 aliphatic heterocycles. The molecule has 0 unspecified atom stereocenters. The highest BCUT2D eigenvalue weighted by Crippen LogP contribution is 2.20. The Bertz CT molecular complexity index is 579. The molecule has 0 atom stereocenters. The number of halogens is 2. The van der Waals surface area contributed by atoms with Gasteiger partial charge in [0.05, 0.1) is 0 Å². The fourth-order valence-corrected chi connectivity index (χ4v) is 2.85. The Hall–Kier alpha value is -1.09. The van der Waals surface area contributed by atoms with Crippen molar-refractivity contribution in [2.75, 3.05) is 33.7 Å². The molecule has 2 N–H and O–H groups in total. The van der Waals surface area contributed by atoms with E-state index >= 15 is 0 Å². The molecule has 0 spiro atoms. The maximum atomic E-state index is 14.2. The van der Waals surface area contributed by atoms with Crippen LogP contribution in [0.15, 0.2) is 17.0 Å². The minimum Gasteiger partial charge on any atom is -0.315 e. The summed E-state index contributed by atoms with van der Waals surface area (Å²) >= 11 is 0. The van der Waals surface area contributed by atoms with Gasteiger partial charge in [0.15, 0.2) is 5.82 Å². The molecule has 8 heteroatoms. The van der Waals surface area contributed by atoms with Gasteiger partial charge in [0.1, 0.15) is 10.7 Å². The Labute approximate surface area is 124 Å². The van der Waals surface area contributed by atoms with Crippen LogP contribution in [0.5, 0.6) is 0 Å². The Morgan fingerprint density at radius 2 is 1.95 bits per heavy atom. The third-order valence-corrected chi connectivity index (χ3v) is 4.60. The molecular weight excluding hydrogens is 300 g/mol. The van der Waals surface area contributed by atoms with Gasteiger partial charge in [0, 0.05) is 25.2 Å². The van der Waals surface area contributed by atoms with Crippen molar-refractivity contribution in [3.8, 4) is 0 Å². The number of sulfonamides is 1. The van der Waals surface area contributed by atoms with Crippen molar-refractivity contribution in [1.29, 1.82) is 0 Å². The summed E-state index contributed by atoms with van der Waals surface area (Å²) < 4.78 is 54.1. The second-order valence-electron chi connectivity index (χ2n) is 4.66. The normalized spacial score (nSPS) is 12.1. The van der Waals surface area contributed by atoms with Crippen LogP contribution >= 0.6 is 0 Å². The second-order valence-corrected chi connectivity index (χ2v) is 6.40. The average Bonchev–Trinajstić information content (AvgIpc) is 2.42. The molecule has 1 aromatic carbocycles. The van der Waals surface area contributed by atoms with E-state index in [1.807, 2.05) is 18.9 Å². The van der Waals surface area contributed by atoms with Crippen LogP contribution in [0.4, 0.5) is 8.78 Å². The number of nitrogens with one attached hydrogen (secondary N) is 2. The summed E-state index contributed by atoms with van der Waals surface area (Å²) in [6, 6.07) is 1.90. The fourth-order valence-electron chi connectivity index (χ4n) is 1.73. The summed E-state index contributed by atoms with van der Waals surface area (Å²) in [6.07, 6.45) is 0. The Morgan fingerprint density at radius 1 is 1.29 bits per heavy atom. The van der Waals surface area contributed by atoms with Crippen LogP contribution in [0.25, 0.3) is 0 Å². The van der Waals surface area contributed by atoms with Crippen molar-refractivity contribution < 1.29 is 17.2 Å². The first-order valence-corrected chi connectivity index (χ1v) is 8.11. The summed E-state index contributed by atoms with van der Waals surface area (Å²) in [7, 11) is -0.627. The van der Waals surface area contributed by atoms with E-state index in [2.05, 4.69) is 10.0 Å². The molecule has 0 aromatic heterocycles. The molecule has 0 aliphatic rings. The van der Waals surface area contributed by atoms with E-state index in [9.17, 15) is 17.2 Å². The topological polar surface area (TPSA) is 61.4 Å². The molecule has 0 fully saturated rings. The zero-order valence-corrected chi connectivity index (χ0v) is 13.2. The lowest BCUT2D eigenvalue weighted by Crippen LogP contribution is -2.33. The van der Waals surface area contributed by atoms with E-state index in [1.54, 1.807) is 0 Å². The molecule has 1 aromatic rings. The molecule has 0 amide bonds. The lowest BCUT2D eigenvalue weighted by atomic mass is 10.2. The van der Waals surface area contributed by atoms with Crippen molar-refractivity contribution in [3.05, 3.63) is 29.3 Å². The van der Waals surface area contributed by atoms with Crippen molar-refractivity contribution in [3.63, 3.8) is 0 Å². The number of hydrogen-bond donors (Lipinski definition) is 2. The van der Waals surface area contributed by atoms with Gasteiger partial charge in [-0.3, -0.25) is 0 Å². The van der Waals surface area contributed by atoms with Crippen LogP contribution in [0.1, 0.15) is 12.5 Å². The van der Waals surface area contributed by atoms with Gasteiger partial charge in [-0.1, -0.05) is 6.92 Å². The van der Waals surface area contributed by atoms with Gasteiger partial charge < -0.3 is 10.2 Å². The van der Waals surface area contributed by atoms with Crippen LogP contribution in [0.2, 0.25) is 0 Å². The van der Waals surface area contributed by atoms with E-state index in [0.29, 0.717) is 6.54 Å². The molecule has 0 aliphatic carbocycles. The first kappa shape index (κ1) is 18.0. The predicted molar refractivity (Wildman–Crippen MR) is 77.5 cm³/mol. The summed E-state index contributed by atoms with van der Waals surface area (Å²) in [5.41, 5.74) is -0.286. The van der Waals surface area contributed by atoms with Crippen molar-refractivity contribution in [2.24, 2.45) is 0 Å². The van der Waals surface area contributed by atoms with Gasteiger partial charge in [0.2, 0.25) is 10.0 Å². The highest BCUT2D eigenvalue weighted by molar-refractivity contribution is 7.89. The quantitative estimate of drug-likeness (QED) is 0.747. The second kappa shape index (κ2) is 7.79. The van der Waals surface area contributed by atoms with Crippen LogP contribution < -0.4 is 10.0 Å². The minimum absolute atomic E-state index is 0.0837. The largest absolute Gasteiger partial charge is 0.315 e. The van der Waals surface area contributed by atoms with E-state index in [1.165, 1.54) is 7.05 Å². The van der Waals surface area contributed by atoms with E-state index < -0.39 is 26.6 Å².